The molecule has 0 atom stereocenters. The lowest BCUT2D eigenvalue weighted by molar-refractivity contribution is -0.0521. The van der Waals surface area contributed by atoms with Crippen LogP contribution in [0.25, 0.3) is 0 Å². The molecule has 0 heterocycles. The highest BCUT2D eigenvalue weighted by Crippen LogP contribution is 2.24. The van der Waals surface area contributed by atoms with Gasteiger partial charge in [-0.15, -0.1) is 4.39 Å². The fourth-order valence-electron chi connectivity index (χ4n) is 0.133. The maximum Gasteiger partial charge on any atom is 0.534 e. The van der Waals surface area contributed by atoms with E-state index in [4.69, 9.17) is 4.79 Å². The minimum absolute atomic E-state index is 2.34. The zero-order valence-corrected chi connectivity index (χ0v) is 5.37. The monoisotopic (exact) mass is 196 g/mol. The molecule has 0 fully saturated rings. The number of rotatable bonds is 1. The van der Waals surface area contributed by atoms with Crippen LogP contribution in [0.3, 0.4) is 0 Å². The Balaban J connectivity index is 4.64. The molecular weight excluding hydrogens is 196 g/mol. The average Bonchev–Trinajstić information content (AvgIpc) is 1.56. The molecule has 0 saturated carbocycles. The molecule has 4 nitrogen and oxygen atoms in total. The predicted octanol–water partition coefficient (Wildman–Crippen LogP) is 0.942. The van der Waals surface area contributed by atoms with E-state index in [1.165, 1.54) is 0 Å². The summed E-state index contributed by atoms with van der Waals surface area (Å²) in [6.07, 6.45) is -3.03. The highest BCUT2D eigenvalue weighted by atomic mass is 32.2. The zero-order valence-electron chi connectivity index (χ0n) is 4.55. The van der Waals surface area contributed by atoms with E-state index in [1.807, 2.05) is 0 Å². The Morgan fingerprint density at radius 2 is 1.64 bits per heavy atom. The Morgan fingerprint density at radius 3 is 1.73 bits per heavy atom. The van der Waals surface area contributed by atoms with Crippen LogP contribution in [0.5, 0.6) is 0 Å². The quantitative estimate of drug-likeness (QED) is 0.271. The van der Waals surface area contributed by atoms with Gasteiger partial charge in [0.15, 0.2) is 0 Å². The van der Waals surface area contributed by atoms with Crippen molar-refractivity contribution in [2.45, 2.75) is 5.51 Å². The summed E-state index contributed by atoms with van der Waals surface area (Å²) in [5.74, 6) is 0. The van der Waals surface area contributed by atoms with Crippen LogP contribution in [0.4, 0.5) is 22.4 Å². The summed E-state index contributed by atoms with van der Waals surface area (Å²) in [7, 11) is -6.12. The molecular formula is C2F4O4S. The lowest BCUT2D eigenvalue weighted by atomic mass is 11.5. The summed E-state index contributed by atoms with van der Waals surface area (Å²) in [5, 5.41) is 0. The zero-order chi connectivity index (χ0) is 9.28. The van der Waals surface area contributed by atoms with Gasteiger partial charge in [-0.1, -0.05) is 0 Å². The molecule has 0 aliphatic heterocycles. The number of hydrogen-bond acceptors (Lipinski definition) is 4. The normalized spacial score (nSPS) is 12.7. The Hall–Kier alpha value is -0.860. The van der Waals surface area contributed by atoms with Crippen LogP contribution in [0.1, 0.15) is 0 Å². The van der Waals surface area contributed by atoms with Gasteiger partial charge in [0, 0.05) is 0 Å². The molecule has 0 aromatic rings. The van der Waals surface area contributed by atoms with E-state index < -0.39 is 21.8 Å². The van der Waals surface area contributed by atoms with Crippen molar-refractivity contribution in [3.05, 3.63) is 0 Å². The summed E-state index contributed by atoms with van der Waals surface area (Å²) in [6, 6.07) is 0. The molecule has 0 bridgehead atoms. The molecule has 0 unspecified atom stereocenters. The molecule has 0 aromatic heterocycles. The molecule has 0 radical (unpaired) electrons. The molecule has 0 aromatic carbocycles. The van der Waals surface area contributed by atoms with Crippen LogP contribution < -0.4 is 0 Å². The molecule has 0 spiro atoms. The van der Waals surface area contributed by atoms with Crippen molar-refractivity contribution in [2.24, 2.45) is 0 Å². The standard InChI is InChI=1S/C2F4O4S/c3-1(7)10-11(8,9)2(4,5)6. The second kappa shape index (κ2) is 2.64. The topological polar surface area (TPSA) is 60.4 Å². The van der Waals surface area contributed by atoms with Gasteiger partial charge in [-0.3, -0.25) is 0 Å². The van der Waals surface area contributed by atoms with Crippen LogP contribution in [0.2, 0.25) is 0 Å². The van der Waals surface area contributed by atoms with Gasteiger partial charge in [-0.2, -0.15) is 21.6 Å². The van der Waals surface area contributed by atoms with Crippen molar-refractivity contribution in [1.82, 2.24) is 0 Å². The molecule has 0 aliphatic rings. The van der Waals surface area contributed by atoms with Crippen LogP contribution >= 0.6 is 0 Å². The van der Waals surface area contributed by atoms with Crippen molar-refractivity contribution in [1.29, 1.82) is 0 Å². The summed E-state index contributed by atoms with van der Waals surface area (Å²) >= 11 is 0. The van der Waals surface area contributed by atoms with Crippen LogP contribution in [0, 0.1) is 0 Å². The van der Waals surface area contributed by atoms with Gasteiger partial charge in [0.2, 0.25) is 0 Å². The van der Waals surface area contributed by atoms with Crippen molar-refractivity contribution < 1.29 is 35.0 Å². The molecule has 11 heavy (non-hydrogen) atoms. The Kier molecular flexibility index (Phi) is 2.44. The van der Waals surface area contributed by atoms with E-state index in [2.05, 4.69) is 4.18 Å². The Morgan fingerprint density at radius 1 is 1.27 bits per heavy atom. The smallest absolute Gasteiger partial charge is 0.312 e. The molecule has 9 heteroatoms. The molecule has 0 saturated heterocycles. The van der Waals surface area contributed by atoms with E-state index in [1.54, 1.807) is 0 Å². The van der Waals surface area contributed by atoms with E-state index in [9.17, 15) is 26.0 Å². The number of hydrogen-bond donors (Lipinski definition) is 0. The first-order chi connectivity index (χ1) is 4.67. The van der Waals surface area contributed by atoms with Gasteiger partial charge in [0.1, 0.15) is 0 Å². The molecule has 66 valence electrons. The number of carbonyl (C=O) groups is 1. The Labute approximate surface area is 57.9 Å². The molecule has 0 N–H and O–H groups in total. The third-order valence-corrected chi connectivity index (χ3v) is 1.38. The maximum absolute atomic E-state index is 11.2. The number of alkyl halides is 3. The van der Waals surface area contributed by atoms with E-state index in [-0.39, 0.29) is 0 Å². The number of carbonyl (C=O) groups excluding carboxylic acids is 1. The minimum Gasteiger partial charge on any atom is -0.312 e. The van der Waals surface area contributed by atoms with E-state index >= 15 is 0 Å². The first kappa shape index (κ1) is 10.1. The molecule has 0 aliphatic carbocycles. The van der Waals surface area contributed by atoms with Gasteiger partial charge in [0.05, 0.1) is 0 Å². The summed E-state index contributed by atoms with van der Waals surface area (Å²) in [4.78, 5) is 9.14. The third-order valence-electron chi connectivity index (χ3n) is 0.459. The van der Waals surface area contributed by atoms with Crippen LogP contribution in [-0.2, 0) is 14.3 Å². The van der Waals surface area contributed by atoms with E-state index in [0.29, 0.717) is 0 Å². The van der Waals surface area contributed by atoms with Crippen molar-refractivity contribution >= 4 is 16.3 Å². The maximum atomic E-state index is 11.2. The van der Waals surface area contributed by atoms with Crippen LogP contribution in [0.15, 0.2) is 0 Å². The van der Waals surface area contributed by atoms with Crippen LogP contribution in [-0.4, -0.2) is 20.1 Å². The molecule has 0 amide bonds. The minimum atomic E-state index is -6.12. The van der Waals surface area contributed by atoms with Gasteiger partial charge in [-0.25, -0.2) is 4.79 Å². The SMILES string of the molecule is O=C(F)OS(=O)(=O)C(F)(F)F. The Bertz CT molecular complexity index is 250. The van der Waals surface area contributed by atoms with Crippen molar-refractivity contribution in [3.8, 4) is 0 Å². The second-order valence-electron chi connectivity index (χ2n) is 1.22. The van der Waals surface area contributed by atoms with Crippen molar-refractivity contribution in [2.75, 3.05) is 0 Å². The summed E-state index contributed by atoms with van der Waals surface area (Å²) in [5.41, 5.74) is -5.78. The first-order valence-electron chi connectivity index (χ1n) is 1.87. The average molecular weight is 196 g/mol. The van der Waals surface area contributed by atoms with Gasteiger partial charge in [-0.05, 0) is 0 Å². The van der Waals surface area contributed by atoms with Gasteiger partial charge >= 0.3 is 21.8 Å². The van der Waals surface area contributed by atoms with Crippen molar-refractivity contribution in [3.63, 3.8) is 0 Å². The third kappa shape index (κ3) is 2.70. The first-order valence-corrected chi connectivity index (χ1v) is 3.28. The predicted molar refractivity (Wildman–Crippen MR) is 22.6 cm³/mol. The highest BCUT2D eigenvalue weighted by molar-refractivity contribution is 7.88. The highest BCUT2D eigenvalue weighted by Gasteiger charge is 2.49. The lowest BCUT2D eigenvalue weighted by Gasteiger charge is -2.03. The largest absolute Gasteiger partial charge is 0.534 e. The van der Waals surface area contributed by atoms with Gasteiger partial charge < -0.3 is 4.18 Å². The fraction of sp³-hybridized carbons (Fsp3) is 0.500. The lowest BCUT2D eigenvalue weighted by Crippen LogP contribution is -2.26. The number of halogens is 4. The fourth-order valence-corrected chi connectivity index (χ4v) is 0.400. The van der Waals surface area contributed by atoms with E-state index in [0.717, 1.165) is 0 Å². The molecule has 0 rings (SSSR count). The second-order valence-corrected chi connectivity index (χ2v) is 2.76. The summed E-state index contributed by atoms with van der Waals surface area (Å²) in [6.45, 7) is 0. The summed E-state index contributed by atoms with van der Waals surface area (Å²) < 4.78 is 66.1. The van der Waals surface area contributed by atoms with Gasteiger partial charge in [0.25, 0.3) is 0 Å².